The molecule has 3 heteroatoms. The van der Waals surface area contributed by atoms with Crippen LogP contribution in [0.4, 0.5) is 0 Å². The maximum Gasteiger partial charge on any atom is 0.242 e. The van der Waals surface area contributed by atoms with Crippen LogP contribution in [0.2, 0.25) is 0 Å². The number of hydrogen-bond acceptors (Lipinski definition) is 2. The Balaban J connectivity index is 2.76. The highest BCUT2D eigenvalue weighted by Gasteiger charge is 2.42. The van der Waals surface area contributed by atoms with Crippen molar-refractivity contribution in [3.05, 3.63) is 0 Å². The Labute approximate surface area is 105 Å². The van der Waals surface area contributed by atoms with E-state index in [1.54, 1.807) is 4.90 Å². The smallest absolute Gasteiger partial charge is 0.242 e. The topological polar surface area (TPSA) is 44.1 Å². The van der Waals surface area contributed by atoms with Gasteiger partial charge in [0.1, 0.15) is 5.41 Å². The monoisotopic (exact) mass is 236 g/mol. The predicted octanol–water partition coefficient (Wildman–Crippen LogP) is 2.96. The number of carbonyl (C=O) groups excluding carboxylic acids is 1. The summed E-state index contributed by atoms with van der Waals surface area (Å²) in [7, 11) is 1.82. The normalized spacial score (nSPS) is 19.5. The zero-order valence-electron chi connectivity index (χ0n) is 11.5. The molecule has 1 fully saturated rings. The van der Waals surface area contributed by atoms with Gasteiger partial charge in [-0.1, -0.05) is 40.0 Å². The van der Waals surface area contributed by atoms with E-state index in [1.807, 2.05) is 7.05 Å². The third-order valence-electron chi connectivity index (χ3n) is 3.39. The van der Waals surface area contributed by atoms with E-state index >= 15 is 0 Å². The second-order valence-corrected chi connectivity index (χ2v) is 6.48. The van der Waals surface area contributed by atoms with Gasteiger partial charge in [0.15, 0.2) is 0 Å². The maximum atomic E-state index is 12.4. The molecule has 0 aromatic rings. The summed E-state index contributed by atoms with van der Waals surface area (Å²) in [4.78, 5) is 14.2. The molecule has 1 aliphatic carbocycles. The summed E-state index contributed by atoms with van der Waals surface area (Å²) in [5.74, 6) is 0.0228. The van der Waals surface area contributed by atoms with E-state index in [9.17, 15) is 10.1 Å². The molecule has 1 saturated carbocycles. The van der Waals surface area contributed by atoms with Gasteiger partial charge in [-0.2, -0.15) is 5.26 Å². The second kappa shape index (κ2) is 5.08. The summed E-state index contributed by atoms with van der Waals surface area (Å²) >= 11 is 0. The minimum Gasteiger partial charge on any atom is -0.344 e. The fraction of sp³-hybridized carbons (Fsp3) is 0.857. The fourth-order valence-electron chi connectivity index (χ4n) is 2.68. The van der Waals surface area contributed by atoms with Gasteiger partial charge in [0, 0.05) is 13.6 Å². The molecule has 0 radical (unpaired) electrons. The van der Waals surface area contributed by atoms with Crippen molar-refractivity contribution in [2.24, 2.45) is 10.8 Å². The standard InChI is InChI=1S/C14H24N2O/c1-13(2,3)11-16(4)12(17)14(10-15)8-6-5-7-9-14/h5-9,11H2,1-4H3. The van der Waals surface area contributed by atoms with Crippen LogP contribution < -0.4 is 0 Å². The highest BCUT2D eigenvalue weighted by molar-refractivity contribution is 5.85. The molecule has 3 nitrogen and oxygen atoms in total. The summed E-state index contributed by atoms with van der Waals surface area (Å²) in [5.41, 5.74) is -0.659. The molecule has 0 unspecified atom stereocenters. The Morgan fingerprint density at radius 3 is 2.24 bits per heavy atom. The van der Waals surface area contributed by atoms with Crippen molar-refractivity contribution in [3.8, 4) is 6.07 Å². The molecule has 0 spiro atoms. The van der Waals surface area contributed by atoms with Crippen LogP contribution in [-0.4, -0.2) is 24.4 Å². The zero-order chi connectivity index (χ0) is 13.1. The Morgan fingerprint density at radius 2 is 1.82 bits per heavy atom. The first-order chi connectivity index (χ1) is 7.81. The minimum atomic E-state index is -0.738. The first-order valence-corrected chi connectivity index (χ1v) is 6.48. The highest BCUT2D eigenvalue weighted by Crippen LogP contribution is 2.37. The van der Waals surface area contributed by atoms with Gasteiger partial charge in [-0.05, 0) is 18.3 Å². The third-order valence-corrected chi connectivity index (χ3v) is 3.39. The summed E-state index contributed by atoms with van der Waals surface area (Å²) in [6.45, 7) is 7.03. The predicted molar refractivity (Wildman–Crippen MR) is 68.2 cm³/mol. The first-order valence-electron chi connectivity index (χ1n) is 6.48. The van der Waals surface area contributed by atoms with Crippen LogP contribution in [0.1, 0.15) is 52.9 Å². The van der Waals surface area contributed by atoms with Crippen LogP contribution in [0.25, 0.3) is 0 Å². The lowest BCUT2D eigenvalue weighted by atomic mass is 9.74. The van der Waals surface area contributed by atoms with Gasteiger partial charge in [0.2, 0.25) is 5.91 Å². The van der Waals surface area contributed by atoms with Gasteiger partial charge < -0.3 is 4.90 Å². The number of carbonyl (C=O) groups is 1. The Morgan fingerprint density at radius 1 is 1.29 bits per heavy atom. The molecule has 1 aliphatic rings. The van der Waals surface area contributed by atoms with Gasteiger partial charge in [0.05, 0.1) is 6.07 Å². The molecule has 0 aliphatic heterocycles. The van der Waals surface area contributed by atoms with Crippen molar-refractivity contribution in [2.75, 3.05) is 13.6 Å². The van der Waals surface area contributed by atoms with Gasteiger partial charge in [-0.25, -0.2) is 0 Å². The van der Waals surface area contributed by atoms with E-state index in [2.05, 4.69) is 26.8 Å². The SMILES string of the molecule is CN(CC(C)(C)C)C(=O)C1(C#N)CCCCC1. The molecular weight excluding hydrogens is 212 g/mol. The van der Waals surface area contributed by atoms with E-state index in [-0.39, 0.29) is 11.3 Å². The second-order valence-electron chi connectivity index (χ2n) is 6.48. The molecule has 1 rings (SSSR count). The molecule has 96 valence electrons. The number of rotatable bonds is 2. The average Bonchev–Trinajstić information content (AvgIpc) is 2.26. The van der Waals surface area contributed by atoms with Crippen molar-refractivity contribution in [1.82, 2.24) is 4.90 Å². The largest absolute Gasteiger partial charge is 0.344 e. The molecule has 0 bridgehead atoms. The van der Waals surface area contributed by atoms with E-state index in [0.29, 0.717) is 6.54 Å². The van der Waals surface area contributed by atoms with Crippen LogP contribution in [0.3, 0.4) is 0 Å². The van der Waals surface area contributed by atoms with Crippen molar-refractivity contribution in [1.29, 1.82) is 5.26 Å². The molecule has 0 N–H and O–H groups in total. The maximum absolute atomic E-state index is 12.4. The lowest BCUT2D eigenvalue weighted by Crippen LogP contribution is -2.45. The molecule has 17 heavy (non-hydrogen) atoms. The Bertz CT molecular complexity index is 316. The third kappa shape index (κ3) is 3.46. The van der Waals surface area contributed by atoms with E-state index in [1.165, 1.54) is 0 Å². The van der Waals surface area contributed by atoms with Crippen LogP contribution in [0.15, 0.2) is 0 Å². The summed E-state index contributed by atoms with van der Waals surface area (Å²) in [6, 6.07) is 2.29. The Kier molecular flexibility index (Phi) is 4.19. The van der Waals surface area contributed by atoms with E-state index in [4.69, 9.17) is 0 Å². The van der Waals surface area contributed by atoms with E-state index in [0.717, 1.165) is 32.1 Å². The lowest BCUT2D eigenvalue weighted by Gasteiger charge is -2.35. The van der Waals surface area contributed by atoms with Crippen LogP contribution in [-0.2, 0) is 4.79 Å². The van der Waals surface area contributed by atoms with Gasteiger partial charge in [0.25, 0.3) is 0 Å². The highest BCUT2D eigenvalue weighted by atomic mass is 16.2. The summed E-state index contributed by atoms with van der Waals surface area (Å²) < 4.78 is 0. The van der Waals surface area contributed by atoms with Crippen molar-refractivity contribution in [2.45, 2.75) is 52.9 Å². The first kappa shape index (κ1) is 14.0. The van der Waals surface area contributed by atoms with Crippen molar-refractivity contribution in [3.63, 3.8) is 0 Å². The molecule has 0 aromatic carbocycles. The Hall–Kier alpha value is -1.04. The van der Waals surface area contributed by atoms with Gasteiger partial charge >= 0.3 is 0 Å². The number of amides is 1. The minimum absolute atomic E-state index is 0.0228. The van der Waals surface area contributed by atoms with E-state index < -0.39 is 5.41 Å². The molecular formula is C14H24N2O. The van der Waals surface area contributed by atoms with Crippen LogP contribution in [0.5, 0.6) is 0 Å². The molecule has 0 saturated heterocycles. The molecule has 0 atom stereocenters. The fourth-order valence-corrected chi connectivity index (χ4v) is 2.68. The van der Waals surface area contributed by atoms with Crippen LogP contribution >= 0.6 is 0 Å². The van der Waals surface area contributed by atoms with Gasteiger partial charge in [-0.15, -0.1) is 0 Å². The van der Waals surface area contributed by atoms with Crippen molar-refractivity contribution >= 4 is 5.91 Å². The number of nitriles is 1. The van der Waals surface area contributed by atoms with Crippen molar-refractivity contribution < 1.29 is 4.79 Å². The van der Waals surface area contributed by atoms with Crippen LogP contribution in [0, 0.1) is 22.2 Å². The zero-order valence-corrected chi connectivity index (χ0v) is 11.5. The molecule has 0 aromatic heterocycles. The summed E-state index contributed by atoms with van der Waals surface area (Å²) in [5, 5.41) is 9.36. The number of nitrogens with zero attached hydrogens (tertiary/aromatic N) is 2. The molecule has 1 amide bonds. The average molecular weight is 236 g/mol. The lowest BCUT2D eigenvalue weighted by molar-refractivity contribution is -0.140. The molecule has 0 heterocycles. The quantitative estimate of drug-likeness (QED) is 0.740. The van der Waals surface area contributed by atoms with Gasteiger partial charge in [-0.3, -0.25) is 4.79 Å². The summed E-state index contributed by atoms with van der Waals surface area (Å²) in [6.07, 6.45) is 4.62. The number of hydrogen-bond donors (Lipinski definition) is 0.